The van der Waals surface area contributed by atoms with E-state index in [0.717, 1.165) is 46.7 Å². The van der Waals surface area contributed by atoms with Gasteiger partial charge in [0, 0.05) is 61.0 Å². The van der Waals surface area contributed by atoms with Gasteiger partial charge >= 0.3 is 0 Å². The Morgan fingerprint density at radius 1 is 1.10 bits per heavy atom. The van der Waals surface area contributed by atoms with Gasteiger partial charge in [0.1, 0.15) is 5.82 Å². The molecule has 0 amide bonds. The first-order valence-electron chi connectivity index (χ1n) is 9.70. The first-order valence-corrected chi connectivity index (χ1v) is 9.70. The van der Waals surface area contributed by atoms with E-state index in [1.807, 2.05) is 19.1 Å². The molecule has 150 valence electrons. The van der Waals surface area contributed by atoms with Gasteiger partial charge < -0.3 is 4.90 Å². The summed E-state index contributed by atoms with van der Waals surface area (Å²) >= 11 is 0. The minimum absolute atomic E-state index is 0.211. The standard InChI is InChI=1S/C22H19FN6O/c1-13-7-20-25-5-3-21(30)29(20)27-22(13)28-6-4-19-16(12-28)8-15(9-26-19)17-10-24-11-18(23)14(17)2/h3,5,7-11H,4,6,12H2,1-2H3. The molecule has 4 aromatic rings. The van der Waals surface area contributed by atoms with E-state index < -0.39 is 0 Å². The summed E-state index contributed by atoms with van der Waals surface area (Å²) in [6.07, 6.45) is 6.92. The second-order valence-electron chi connectivity index (χ2n) is 7.50. The third-order valence-corrected chi connectivity index (χ3v) is 5.55. The van der Waals surface area contributed by atoms with Crippen LogP contribution in [0.2, 0.25) is 0 Å². The molecule has 0 aromatic carbocycles. The van der Waals surface area contributed by atoms with Crippen LogP contribution in [0.25, 0.3) is 16.8 Å². The van der Waals surface area contributed by atoms with Crippen LogP contribution in [0.3, 0.4) is 0 Å². The number of halogens is 1. The van der Waals surface area contributed by atoms with Gasteiger partial charge in [-0.2, -0.15) is 4.52 Å². The number of fused-ring (bicyclic) bond motifs is 2. The highest BCUT2D eigenvalue weighted by atomic mass is 19.1. The van der Waals surface area contributed by atoms with Crippen LogP contribution < -0.4 is 10.5 Å². The average molecular weight is 402 g/mol. The average Bonchev–Trinajstić information content (AvgIpc) is 2.75. The fourth-order valence-corrected chi connectivity index (χ4v) is 3.90. The summed E-state index contributed by atoms with van der Waals surface area (Å²) < 4.78 is 15.3. The predicted molar refractivity (Wildman–Crippen MR) is 111 cm³/mol. The number of hydrogen-bond donors (Lipinski definition) is 0. The summed E-state index contributed by atoms with van der Waals surface area (Å²) in [7, 11) is 0. The highest BCUT2D eigenvalue weighted by molar-refractivity contribution is 5.67. The van der Waals surface area contributed by atoms with Crippen LogP contribution in [-0.4, -0.2) is 31.1 Å². The second-order valence-corrected chi connectivity index (χ2v) is 7.50. The molecule has 8 heteroatoms. The molecule has 5 heterocycles. The van der Waals surface area contributed by atoms with Crippen molar-refractivity contribution >= 4 is 11.5 Å². The van der Waals surface area contributed by atoms with Gasteiger partial charge in [0.05, 0.1) is 6.20 Å². The first-order chi connectivity index (χ1) is 14.5. The maximum absolute atomic E-state index is 14.0. The van der Waals surface area contributed by atoms with Crippen LogP contribution in [-0.2, 0) is 13.0 Å². The van der Waals surface area contributed by atoms with Crippen molar-refractivity contribution in [2.75, 3.05) is 11.4 Å². The molecule has 0 spiro atoms. The van der Waals surface area contributed by atoms with Crippen molar-refractivity contribution in [2.45, 2.75) is 26.8 Å². The molecule has 0 fully saturated rings. The van der Waals surface area contributed by atoms with Gasteiger partial charge in [0.15, 0.2) is 11.5 Å². The Morgan fingerprint density at radius 2 is 1.97 bits per heavy atom. The maximum atomic E-state index is 14.0. The molecular formula is C22H19FN6O. The van der Waals surface area contributed by atoms with Crippen molar-refractivity contribution in [1.82, 2.24) is 24.6 Å². The lowest BCUT2D eigenvalue weighted by Crippen LogP contribution is -2.33. The summed E-state index contributed by atoms with van der Waals surface area (Å²) in [5.41, 5.74) is 5.47. The molecule has 0 atom stereocenters. The van der Waals surface area contributed by atoms with Crippen LogP contribution in [0.1, 0.15) is 22.4 Å². The van der Waals surface area contributed by atoms with E-state index in [9.17, 15) is 9.18 Å². The molecule has 0 N–H and O–H groups in total. The van der Waals surface area contributed by atoms with E-state index in [4.69, 9.17) is 0 Å². The molecule has 0 saturated carbocycles. The Labute approximate surface area is 171 Å². The minimum atomic E-state index is -0.332. The number of hydrogen-bond acceptors (Lipinski definition) is 6. The molecule has 0 unspecified atom stereocenters. The first kappa shape index (κ1) is 18.4. The highest BCUT2D eigenvalue weighted by Gasteiger charge is 2.22. The summed E-state index contributed by atoms with van der Waals surface area (Å²) in [6.45, 7) is 5.06. The van der Waals surface area contributed by atoms with Crippen molar-refractivity contribution in [3.05, 3.63) is 81.5 Å². The summed E-state index contributed by atoms with van der Waals surface area (Å²) in [5.74, 6) is 0.416. The van der Waals surface area contributed by atoms with E-state index in [-0.39, 0.29) is 11.4 Å². The smallest absolute Gasteiger partial charge is 0.274 e. The molecule has 0 bridgehead atoms. The van der Waals surface area contributed by atoms with Crippen LogP contribution in [0.4, 0.5) is 10.2 Å². The van der Waals surface area contributed by atoms with Crippen molar-refractivity contribution in [2.24, 2.45) is 0 Å². The number of pyridine rings is 2. The molecule has 30 heavy (non-hydrogen) atoms. The quantitative estimate of drug-likeness (QED) is 0.513. The maximum Gasteiger partial charge on any atom is 0.274 e. The lowest BCUT2D eigenvalue weighted by molar-refractivity contribution is 0.612. The van der Waals surface area contributed by atoms with Crippen molar-refractivity contribution in [3.63, 3.8) is 0 Å². The van der Waals surface area contributed by atoms with E-state index in [0.29, 0.717) is 17.8 Å². The largest absolute Gasteiger partial charge is 0.350 e. The molecule has 5 rings (SSSR count). The molecular weight excluding hydrogens is 383 g/mol. The fourth-order valence-electron chi connectivity index (χ4n) is 3.90. The van der Waals surface area contributed by atoms with E-state index >= 15 is 0 Å². The van der Waals surface area contributed by atoms with E-state index in [2.05, 4.69) is 25.0 Å². The van der Waals surface area contributed by atoms with Crippen molar-refractivity contribution in [1.29, 1.82) is 0 Å². The zero-order valence-corrected chi connectivity index (χ0v) is 16.6. The van der Waals surface area contributed by atoms with Gasteiger partial charge in [-0.15, -0.1) is 5.10 Å². The molecule has 1 aliphatic rings. The van der Waals surface area contributed by atoms with E-state index in [1.54, 1.807) is 19.3 Å². The van der Waals surface area contributed by atoms with Crippen LogP contribution in [0, 0.1) is 19.7 Å². The van der Waals surface area contributed by atoms with E-state index in [1.165, 1.54) is 23.0 Å². The summed E-state index contributed by atoms with van der Waals surface area (Å²) in [4.78, 5) is 27.1. The van der Waals surface area contributed by atoms with Gasteiger partial charge in [0.25, 0.3) is 5.56 Å². The summed E-state index contributed by atoms with van der Waals surface area (Å²) in [6, 6.07) is 5.31. The number of aromatic nitrogens is 5. The number of rotatable bonds is 2. The lowest BCUT2D eigenvalue weighted by Gasteiger charge is -2.30. The van der Waals surface area contributed by atoms with Crippen LogP contribution in [0.15, 0.2) is 47.8 Å². The molecule has 1 aliphatic heterocycles. The van der Waals surface area contributed by atoms with Gasteiger partial charge in [0.2, 0.25) is 0 Å². The molecule has 0 aliphatic carbocycles. The Bertz CT molecular complexity index is 1350. The fraction of sp³-hybridized carbons (Fsp3) is 0.227. The number of aryl methyl sites for hydroxylation is 1. The second kappa shape index (κ2) is 6.98. The zero-order valence-electron chi connectivity index (χ0n) is 16.6. The van der Waals surface area contributed by atoms with Crippen molar-refractivity contribution < 1.29 is 4.39 Å². The third-order valence-electron chi connectivity index (χ3n) is 5.55. The van der Waals surface area contributed by atoms with Gasteiger partial charge in [-0.3, -0.25) is 14.8 Å². The molecule has 0 saturated heterocycles. The summed E-state index contributed by atoms with van der Waals surface area (Å²) in [5, 5.41) is 4.56. The Hall–Kier alpha value is -3.68. The SMILES string of the molecule is Cc1cc2nccc(=O)n2nc1N1CCc2ncc(-c3cncc(F)c3C)cc2C1. The Kier molecular flexibility index (Phi) is 4.27. The van der Waals surface area contributed by atoms with Gasteiger partial charge in [-0.05, 0) is 42.7 Å². The highest BCUT2D eigenvalue weighted by Crippen LogP contribution is 2.29. The molecule has 7 nitrogen and oxygen atoms in total. The van der Waals surface area contributed by atoms with Crippen molar-refractivity contribution in [3.8, 4) is 11.1 Å². The monoisotopic (exact) mass is 402 g/mol. The minimum Gasteiger partial charge on any atom is -0.350 e. The predicted octanol–water partition coefficient (Wildman–Crippen LogP) is 2.87. The third kappa shape index (κ3) is 3.01. The van der Waals surface area contributed by atoms with Crippen LogP contribution in [0.5, 0.6) is 0 Å². The van der Waals surface area contributed by atoms with Gasteiger partial charge in [-0.25, -0.2) is 9.37 Å². The zero-order chi connectivity index (χ0) is 20.8. The van der Waals surface area contributed by atoms with Crippen LogP contribution >= 0.6 is 0 Å². The Morgan fingerprint density at radius 3 is 2.83 bits per heavy atom. The number of anilines is 1. The van der Waals surface area contributed by atoms with Gasteiger partial charge in [-0.1, -0.05) is 0 Å². The molecule has 0 radical (unpaired) electrons. The normalized spacial score (nSPS) is 13.5. The number of nitrogens with zero attached hydrogens (tertiary/aromatic N) is 6. The lowest BCUT2D eigenvalue weighted by atomic mass is 9.98. The molecule has 4 aromatic heterocycles. The topological polar surface area (TPSA) is 76.3 Å². The Balaban J connectivity index is 1.54.